The van der Waals surface area contributed by atoms with E-state index in [2.05, 4.69) is 5.32 Å². The molecule has 1 aromatic carbocycles. The van der Waals surface area contributed by atoms with Crippen LogP contribution in [0.1, 0.15) is 24.2 Å². The third kappa shape index (κ3) is 3.51. The van der Waals surface area contributed by atoms with Gasteiger partial charge in [-0.2, -0.15) is 0 Å². The molecule has 6 heteroatoms. The summed E-state index contributed by atoms with van der Waals surface area (Å²) in [6, 6.07) is 3.60. The molecule has 0 saturated carbocycles. The number of hydrogen-bond donors (Lipinski definition) is 3. The summed E-state index contributed by atoms with van der Waals surface area (Å²) in [4.78, 5) is 22.9. The van der Waals surface area contributed by atoms with Gasteiger partial charge in [-0.05, 0) is 18.1 Å². The number of amides is 1. The fraction of sp³-hybridized carbons (Fsp3) is 0.385. The monoisotopic (exact) mass is 268 g/mol. The topological polar surface area (TPSA) is 92.4 Å². The fourth-order valence-electron chi connectivity index (χ4n) is 1.73. The quantitative estimate of drug-likeness (QED) is 0.757. The van der Waals surface area contributed by atoms with Crippen LogP contribution in [0.15, 0.2) is 18.2 Å². The molecule has 1 amide bonds. The molecule has 0 saturated heterocycles. The zero-order valence-electron chi connectivity index (χ0n) is 10.8. The lowest BCUT2D eigenvalue weighted by Crippen LogP contribution is -2.33. The van der Waals surface area contributed by atoms with Gasteiger partial charge in [0.1, 0.15) is 5.82 Å². The van der Waals surface area contributed by atoms with Gasteiger partial charge in [-0.15, -0.1) is 0 Å². The summed E-state index contributed by atoms with van der Waals surface area (Å²) in [6.45, 7) is 3.74. The second-order valence-electron chi connectivity index (χ2n) is 4.54. The fourth-order valence-corrected chi connectivity index (χ4v) is 1.73. The van der Waals surface area contributed by atoms with E-state index in [1.54, 1.807) is 0 Å². The Labute approximate surface area is 110 Å². The van der Waals surface area contributed by atoms with Gasteiger partial charge in [-0.3, -0.25) is 4.79 Å². The molecule has 0 aliphatic rings. The van der Waals surface area contributed by atoms with Crippen molar-refractivity contribution in [3.8, 4) is 0 Å². The van der Waals surface area contributed by atoms with Crippen molar-refractivity contribution in [3.05, 3.63) is 29.6 Å². The van der Waals surface area contributed by atoms with Crippen LogP contribution < -0.4 is 11.1 Å². The first-order valence-electron chi connectivity index (χ1n) is 5.91. The number of halogens is 1. The van der Waals surface area contributed by atoms with Gasteiger partial charge in [-0.25, -0.2) is 9.18 Å². The highest BCUT2D eigenvalue weighted by atomic mass is 19.1. The van der Waals surface area contributed by atoms with Crippen LogP contribution in [0.2, 0.25) is 0 Å². The third-order valence-corrected chi connectivity index (χ3v) is 2.89. The Morgan fingerprint density at radius 1 is 1.42 bits per heavy atom. The van der Waals surface area contributed by atoms with E-state index in [1.165, 1.54) is 12.1 Å². The highest BCUT2D eigenvalue weighted by Gasteiger charge is 2.23. The number of anilines is 1. The van der Waals surface area contributed by atoms with Gasteiger partial charge in [-0.1, -0.05) is 19.9 Å². The summed E-state index contributed by atoms with van der Waals surface area (Å²) in [6.07, 6.45) is 0. The highest BCUT2D eigenvalue weighted by molar-refractivity contribution is 6.01. The van der Waals surface area contributed by atoms with Gasteiger partial charge in [0.15, 0.2) is 0 Å². The molecule has 0 aliphatic heterocycles. The first kappa shape index (κ1) is 15.1. The number of aromatic carboxylic acids is 1. The number of benzene rings is 1. The standard InChI is InChI=1S/C13H17FN2O3/c1-7(2)9(6-15)12(17)16-11-8(13(18)19)4-3-5-10(11)14/h3-5,7,9H,6,15H2,1-2H3,(H,16,17)(H,18,19). The van der Waals surface area contributed by atoms with Crippen molar-refractivity contribution in [2.45, 2.75) is 13.8 Å². The van der Waals surface area contributed by atoms with Crippen molar-refractivity contribution in [1.29, 1.82) is 0 Å². The predicted molar refractivity (Wildman–Crippen MR) is 69.4 cm³/mol. The smallest absolute Gasteiger partial charge is 0.337 e. The van der Waals surface area contributed by atoms with Crippen LogP contribution in [-0.4, -0.2) is 23.5 Å². The lowest BCUT2D eigenvalue weighted by molar-refractivity contribution is -0.120. The first-order chi connectivity index (χ1) is 8.88. The molecule has 19 heavy (non-hydrogen) atoms. The van der Waals surface area contributed by atoms with Gasteiger partial charge in [0.25, 0.3) is 0 Å². The Kier molecular flexibility index (Phi) is 5.00. The molecular weight excluding hydrogens is 251 g/mol. The Bertz CT molecular complexity index is 489. The molecule has 0 aromatic heterocycles. The second kappa shape index (κ2) is 6.29. The Hall–Kier alpha value is -1.95. The third-order valence-electron chi connectivity index (χ3n) is 2.89. The van der Waals surface area contributed by atoms with E-state index in [4.69, 9.17) is 10.8 Å². The Balaban J connectivity index is 3.05. The second-order valence-corrected chi connectivity index (χ2v) is 4.54. The molecule has 0 fully saturated rings. The van der Waals surface area contributed by atoms with E-state index in [-0.39, 0.29) is 23.7 Å². The summed E-state index contributed by atoms with van der Waals surface area (Å²) in [5.41, 5.74) is 4.89. The Morgan fingerprint density at radius 2 is 2.05 bits per heavy atom. The minimum absolute atomic E-state index is 0.0231. The number of carbonyl (C=O) groups is 2. The molecule has 0 radical (unpaired) electrons. The van der Waals surface area contributed by atoms with E-state index in [9.17, 15) is 14.0 Å². The number of hydrogen-bond acceptors (Lipinski definition) is 3. The van der Waals surface area contributed by atoms with Gasteiger partial charge >= 0.3 is 5.97 Å². The number of para-hydroxylation sites is 1. The van der Waals surface area contributed by atoms with E-state index in [0.29, 0.717) is 0 Å². The van der Waals surface area contributed by atoms with Crippen LogP contribution in [0.5, 0.6) is 0 Å². The molecule has 0 heterocycles. The van der Waals surface area contributed by atoms with Crippen molar-refractivity contribution in [2.24, 2.45) is 17.6 Å². The van der Waals surface area contributed by atoms with Crippen molar-refractivity contribution in [3.63, 3.8) is 0 Å². The van der Waals surface area contributed by atoms with E-state index < -0.39 is 23.6 Å². The van der Waals surface area contributed by atoms with Crippen LogP contribution >= 0.6 is 0 Å². The largest absolute Gasteiger partial charge is 0.478 e. The number of carbonyl (C=O) groups excluding carboxylic acids is 1. The summed E-state index contributed by atoms with van der Waals surface area (Å²) in [7, 11) is 0. The van der Waals surface area contributed by atoms with E-state index in [0.717, 1.165) is 6.07 Å². The summed E-state index contributed by atoms with van der Waals surface area (Å²) in [5, 5.41) is 11.3. The predicted octanol–water partition coefficient (Wildman–Crippen LogP) is 1.69. The van der Waals surface area contributed by atoms with Crippen LogP contribution in [0.3, 0.4) is 0 Å². The number of carboxylic acid groups (broad SMARTS) is 1. The maximum atomic E-state index is 13.6. The number of rotatable bonds is 5. The molecule has 0 aliphatic carbocycles. The highest BCUT2D eigenvalue weighted by Crippen LogP contribution is 2.21. The minimum Gasteiger partial charge on any atom is -0.478 e. The minimum atomic E-state index is -1.30. The van der Waals surface area contributed by atoms with Crippen molar-refractivity contribution < 1.29 is 19.1 Å². The van der Waals surface area contributed by atoms with E-state index >= 15 is 0 Å². The summed E-state index contributed by atoms with van der Waals surface area (Å²) >= 11 is 0. The van der Waals surface area contributed by atoms with Crippen molar-refractivity contribution >= 4 is 17.6 Å². The molecule has 1 aromatic rings. The van der Waals surface area contributed by atoms with Crippen LogP contribution in [-0.2, 0) is 4.79 Å². The number of nitrogens with two attached hydrogens (primary N) is 1. The van der Waals surface area contributed by atoms with Crippen molar-refractivity contribution in [1.82, 2.24) is 0 Å². The van der Waals surface area contributed by atoms with Gasteiger partial charge in [0, 0.05) is 6.54 Å². The summed E-state index contributed by atoms with van der Waals surface area (Å²) < 4.78 is 13.6. The zero-order valence-corrected chi connectivity index (χ0v) is 10.8. The summed E-state index contributed by atoms with van der Waals surface area (Å²) in [5.74, 6) is -3.09. The molecule has 1 rings (SSSR count). The zero-order chi connectivity index (χ0) is 14.6. The van der Waals surface area contributed by atoms with Gasteiger partial charge in [0.05, 0.1) is 17.2 Å². The Morgan fingerprint density at radius 3 is 2.53 bits per heavy atom. The molecule has 5 nitrogen and oxygen atoms in total. The van der Waals surface area contributed by atoms with Gasteiger partial charge < -0.3 is 16.2 Å². The maximum Gasteiger partial charge on any atom is 0.337 e. The SMILES string of the molecule is CC(C)C(CN)C(=O)Nc1c(F)cccc1C(=O)O. The van der Waals surface area contributed by atoms with Crippen LogP contribution in [0.25, 0.3) is 0 Å². The number of nitrogens with one attached hydrogen (secondary N) is 1. The maximum absolute atomic E-state index is 13.6. The molecule has 1 atom stereocenters. The molecule has 0 spiro atoms. The first-order valence-corrected chi connectivity index (χ1v) is 5.91. The van der Waals surface area contributed by atoms with Gasteiger partial charge in [0.2, 0.25) is 5.91 Å². The molecule has 104 valence electrons. The molecule has 1 unspecified atom stereocenters. The van der Waals surface area contributed by atoms with E-state index in [1.807, 2.05) is 13.8 Å². The molecule has 4 N–H and O–H groups in total. The van der Waals surface area contributed by atoms with Crippen LogP contribution in [0.4, 0.5) is 10.1 Å². The normalized spacial score (nSPS) is 12.3. The molecular formula is C13H17FN2O3. The lowest BCUT2D eigenvalue weighted by Gasteiger charge is -2.19. The lowest BCUT2D eigenvalue weighted by atomic mass is 9.95. The van der Waals surface area contributed by atoms with Crippen LogP contribution in [0, 0.1) is 17.7 Å². The average Bonchev–Trinajstić information content (AvgIpc) is 2.31. The average molecular weight is 268 g/mol. The molecule has 0 bridgehead atoms. The number of carboxylic acids is 1. The van der Waals surface area contributed by atoms with Crippen molar-refractivity contribution in [2.75, 3.05) is 11.9 Å².